The number of nitrogens with one attached hydrogen (secondary N) is 1. The van der Waals surface area contributed by atoms with Crippen LogP contribution in [0.1, 0.15) is 72.6 Å². The van der Waals surface area contributed by atoms with Gasteiger partial charge < -0.3 is 11.1 Å². The topological polar surface area (TPSA) is 55.1 Å². The van der Waals surface area contributed by atoms with Crippen molar-refractivity contribution >= 4 is 5.91 Å². The summed E-state index contributed by atoms with van der Waals surface area (Å²) >= 11 is 0. The molecule has 1 fully saturated rings. The number of carbonyl (C=O) groups excluding carboxylic acids is 1. The summed E-state index contributed by atoms with van der Waals surface area (Å²) in [6, 6.07) is 0.591. The average Bonchev–Trinajstić information content (AvgIpc) is 2.37. The van der Waals surface area contributed by atoms with Crippen molar-refractivity contribution in [2.75, 3.05) is 0 Å². The van der Waals surface area contributed by atoms with E-state index in [4.69, 9.17) is 5.73 Å². The summed E-state index contributed by atoms with van der Waals surface area (Å²) in [6.07, 6.45) is 7.99. The second-order valence-electron chi connectivity index (χ2n) is 7.21. The molecule has 0 aliphatic heterocycles. The first kappa shape index (κ1) is 17.5. The van der Waals surface area contributed by atoms with E-state index in [2.05, 4.69) is 33.0 Å². The van der Waals surface area contributed by atoms with E-state index in [1.165, 1.54) is 19.3 Å². The van der Waals surface area contributed by atoms with Crippen LogP contribution in [0, 0.1) is 17.8 Å². The van der Waals surface area contributed by atoms with E-state index in [1.54, 1.807) is 0 Å². The zero-order valence-corrected chi connectivity index (χ0v) is 13.8. The molecule has 4 unspecified atom stereocenters. The van der Waals surface area contributed by atoms with Gasteiger partial charge in [0.15, 0.2) is 0 Å². The lowest BCUT2D eigenvalue weighted by Gasteiger charge is -2.31. The molecule has 0 heterocycles. The Balaban J connectivity index is 2.29. The summed E-state index contributed by atoms with van der Waals surface area (Å²) in [5, 5.41) is 3.19. The van der Waals surface area contributed by atoms with Gasteiger partial charge in [-0.3, -0.25) is 4.79 Å². The fourth-order valence-electron chi connectivity index (χ4n) is 3.21. The Morgan fingerprint density at radius 2 is 1.90 bits per heavy atom. The van der Waals surface area contributed by atoms with Crippen LogP contribution in [-0.2, 0) is 4.79 Å². The zero-order valence-electron chi connectivity index (χ0n) is 13.8. The van der Waals surface area contributed by atoms with E-state index in [-0.39, 0.29) is 11.8 Å². The summed E-state index contributed by atoms with van der Waals surface area (Å²) in [5.41, 5.74) is 6.03. The minimum atomic E-state index is 0.105. The van der Waals surface area contributed by atoms with Crippen LogP contribution in [0.15, 0.2) is 0 Å². The Morgan fingerprint density at radius 1 is 1.20 bits per heavy atom. The third kappa shape index (κ3) is 6.25. The van der Waals surface area contributed by atoms with Gasteiger partial charge in [-0.2, -0.15) is 0 Å². The quantitative estimate of drug-likeness (QED) is 0.751. The van der Waals surface area contributed by atoms with E-state index in [9.17, 15) is 4.79 Å². The largest absolute Gasteiger partial charge is 0.353 e. The molecule has 0 aromatic heterocycles. The van der Waals surface area contributed by atoms with Crippen LogP contribution in [0.25, 0.3) is 0 Å². The Morgan fingerprint density at radius 3 is 2.50 bits per heavy atom. The Hall–Kier alpha value is -0.570. The molecule has 0 spiro atoms. The molecule has 1 saturated carbocycles. The molecule has 1 aliphatic rings. The highest BCUT2D eigenvalue weighted by atomic mass is 16.1. The molecule has 0 aromatic carbocycles. The van der Waals surface area contributed by atoms with Gasteiger partial charge in [-0.1, -0.05) is 40.0 Å². The fraction of sp³-hybridized carbons (Fsp3) is 0.941. The smallest absolute Gasteiger partial charge is 0.223 e. The maximum Gasteiger partial charge on any atom is 0.223 e. The third-order valence-electron chi connectivity index (χ3n) is 4.68. The minimum Gasteiger partial charge on any atom is -0.353 e. The van der Waals surface area contributed by atoms with Gasteiger partial charge in [-0.25, -0.2) is 0 Å². The lowest BCUT2D eigenvalue weighted by atomic mass is 9.78. The highest BCUT2D eigenvalue weighted by Gasteiger charge is 2.28. The Labute approximate surface area is 125 Å². The molecule has 1 amide bonds. The lowest BCUT2D eigenvalue weighted by molar-refractivity contribution is -0.127. The van der Waals surface area contributed by atoms with Crippen molar-refractivity contribution in [3.63, 3.8) is 0 Å². The molecule has 4 atom stereocenters. The van der Waals surface area contributed by atoms with Gasteiger partial charge in [0.05, 0.1) is 0 Å². The van der Waals surface area contributed by atoms with Crippen molar-refractivity contribution in [1.82, 2.24) is 5.32 Å². The van der Waals surface area contributed by atoms with Gasteiger partial charge in [0.2, 0.25) is 5.91 Å². The summed E-state index contributed by atoms with van der Waals surface area (Å²) in [4.78, 5) is 12.3. The number of hydrogen-bond donors (Lipinski definition) is 2. The molecule has 20 heavy (non-hydrogen) atoms. The number of rotatable bonds is 7. The number of amides is 1. The van der Waals surface area contributed by atoms with Gasteiger partial charge in [0, 0.05) is 18.0 Å². The second kappa shape index (κ2) is 8.66. The summed E-state index contributed by atoms with van der Waals surface area (Å²) in [6.45, 7) is 8.69. The predicted octanol–water partition coefficient (Wildman–Crippen LogP) is 3.47. The van der Waals surface area contributed by atoms with Crippen molar-refractivity contribution in [2.45, 2.75) is 84.7 Å². The van der Waals surface area contributed by atoms with Gasteiger partial charge >= 0.3 is 0 Å². The molecule has 0 bridgehead atoms. The van der Waals surface area contributed by atoms with E-state index < -0.39 is 0 Å². The molecule has 0 saturated heterocycles. The van der Waals surface area contributed by atoms with Gasteiger partial charge in [0.1, 0.15) is 0 Å². The Bertz CT molecular complexity index is 291. The van der Waals surface area contributed by atoms with Crippen LogP contribution < -0.4 is 11.1 Å². The minimum absolute atomic E-state index is 0.105. The third-order valence-corrected chi connectivity index (χ3v) is 4.68. The Kier molecular flexibility index (Phi) is 7.57. The zero-order chi connectivity index (χ0) is 15.1. The molecule has 3 N–H and O–H groups in total. The fourth-order valence-corrected chi connectivity index (χ4v) is 3.21. The SMILES string of the molecule is CC(C)CCCC(C)NC(=O)C(C)C1CCCC(N)C1. The van der Waals surface area contributed by atoms with Crippen LogP contribution in [0.5, 0.6) is 0 Å². The number of hydrogen-bond acceptors (Lipinski definition) is 2. The van der Waals surface area contributed by atoms with E-state index in [1.807, 2.05) is 0 Å². The molecule has 118 valence electrons. The second-order valence-corrected chi connectivity index (χ2v) is 7.21. The summed E-state index contributed by atoms with van der Waals surface area (Å²) < 4.78 is 0. The predicted molar refractivity (Wildman–Crippen MR) is 85.4 cm³/mol. The van der Waals surface area contributed by atoms with Crippen LogP contribution in [0.2, 0.25) is 0 Å². The molecule has 3 nitrogen and oxygen atoms in total. The van der Waals surface area contributed by atoms with Gasteiger partial charge in [-0.15, -0.1) is 0 Å². The van der Waals surface area contributed by atoms with E-state index in [0.717, 1.165) is 31.6 Å². The highest BCUT2D eigenvalue weighted by Crippen LogP contribution is 2.29. The van der Waals surface area contributed by atoms with Crippen molar-refractivity contribution in [3.05, 3.63) is 0 Å². The maximum absolute atomic E-state index is 12.3. The van der Waals surface area contributed by atoms with Crippen molar-refractivity contribution in [3.8, 4) is 0 Å². The standard InChI is InChI=1S/C17H34N2O/c1-12(2)7-5-8-13(3)19-17(20)14(4)15-9-6-10-16(18)11-15/h12-16H,5-11,18H2,1-4H3,(H,19,20). The first-order valence-corrected chi connectivity index (χ1v) is 8.46. The molecule has 0 aromatic rings. The normalized spacial score (nSPS) is 26.3. The number of carbonyl (C=O) groups is 1. The molecule has 3 heteroatoms. The van der Waals surface area contributed by atoms with Crippen LogP contribution >= 0.6 is 0 Å². The maximum atomic E-state index is 12.3. The summed E-state index contributed by atoms with van der Waals surface area (Å²) in [7, 11) is 0. The van der Waals surface area contributed by atoms with E-state index in [0.29, 0.717) is 18.0 Å². The molecule has 1 rings (SSSR count). The lowest BCUT2D eigenvalue weighted by Crippen LogP contribution is -2.41. The highest BCUT2D eigenvalue weighted by molar-refractivity contribution is 5.78. The van der Waals surface area contributed by atoms with Gasteiger partial charge in [0.25, 0.3) is 0 Å². The van der Waals surface area contributed by atoms with Crippen LogP contribution in [0.3, 0.4) is 0 Å². The van der Waals surface area contributed by atoms with Crippen LogP contribution in [-0.4, -0.2) is 18.0 Å². The van der Waals surface area contributed by atoms with E-state index >= 15 is 0 Å². The molecule has 1 aliphatic carbocycles. The first-order valence-electron chi connectivity index (χ1n) is 8.46. The molecular formula is C17H34N2O. The molecular weight excluding hydrogens is 248 g/mol. The first-order chi connectivity index (χ1) is 9.40. The van der Waals surface area contributed by atoms with Crippen molar-refractivity contribution in [1.29, 1.82) is 0 Å². The summed E-state index contributed by atoms with van der Waals surface area (Å²) in [5.74, 6) is 1.55. The van der Waals surface area contributed by atoms with Crippen molar-refractivity contribution < 1.29 is 4.79 Å². The molecule has 0 radical (unpaired) electrons. The number of nitrogens with two attached hydrogens (primary N) is 1. The monoisotopic (exact) mass is 282 g/mol. The average molecular weight is 282 g/mol. The van der Waals surface area contributed by atoms with Crippen LogP contribution in [0.4, 0.5) is 0 Å². The van der Waals surface area contributed by atoms with Gasteiger partial charge in [-0.05, 0) is 44.4 Å². The van der Waals surface area contributed by atoms with Crippen molar-refractivity contribution in [2.24, 2.45) is 23.5 Å².